The minimum atomic E-state index is -0.0387. The lowest BCUT2D eigenvalue weighted by Crippen LogP contribution is -2.49. The predicted molar refractivity (Wildman–Crippen MR) is 74.2 cm³/mol. The number of rotatable bonds is 0. The average molecular weight is 254 g/mol. The molecule has 98 valence electrons. The molecule has 3 nitrogen and oxygen atoms in total. The molecule has 1 aromatic carbocycles. The van der Waals surface area contributed by atoms with Gasteiger partial charge in [0, 0.05) is 29.6 Å². The van der Waals surface area contributed by atoms with Crippen LogP contribution in [0.3, 0.4) is 0 Å². The van der Waals surface area contributed by atoms with E-state index in [-0.39, 0.29) is 11.9 Å². The van der Waals surface area contributed by atoms with Crippen LogP contribution in [0.4, 0.5) is 0 Å². The summed E-state index contributed by atoms with van der Waals surface area (Å²) in [6.45, 7) is 0. The fraction of sp³-hybridized carbons (Fsp3) is 0.438. The molecule has 0 aromatic heterocycles. The standard InChI is InChI=1S/C16H18N2O/c17-13-10-14-7-8-15(11-13)18(14)16(19)9-6-12-4-2-1-3-5-12/h1-5,13-15H,7-8,10-11,17H2. The van der Waals surface area contributed by atoms with Crippen LogP contribution in [0.2, 0.25) is 0 Å². The molecule has 2 atom stereocenters. The number of nitrogens with zero attached hydrogens (tertiary/aromatic N) is 1. The van der Waals surface area contributed by atoms with E-state index in [9.17, 15) is 4.79 Å². The van der Waals surface area contributed by atoms with Crippen molar-refractivity contribution in [1.29, 1.82) is 0 Å². The van der Waals surface area contributed by atoms with Gasteiger partial charge in [-0.05, 0) is 37.8 Å². The number of carbonyl (C=O) groups is 1. The number of carbonyl (C=O) groups excluding carboxylic acids is 1. The average Bonchev–Trinajstić information content (AvgIpc) is 2.70. The summed E-state index contributed by atoms with van der Waals surface area (Å²) in [7, 11) is 0. The zero-order valence-corrected chi connectivity index (χ0v) is 10.9. The van der Waals surface area contributed by atoms with Crippen LogP contribution in [0.1, 0.15) is 31.2 Å². The highest BCUT2D eigenvalue weighted by Crippen LogP contribution is 2.34. The molecule has 0 aliphatic carbocycles. The van der Waals surface area contributed by atoms with E-state index in [0.29, 0.717) is 12.1 Å². The zero-order valence-electron chi connectivity index (χ0n) is 10.9. The molecule has 0 saturated carbocycles. The normalized spacial score (nSPS) is 28.7. The Bertz CT molecular complexity index is 515. The summed E-state index contributed by atoms with van der Waals surface area (Å²) < 4.78 is 0. The fourth-order valence-corrected chi connectivity index (χ4v) is 3.26. The Morgan fingerprint density at radius 3 is 2.42 bits per heavy atom. The van der Waals surface area contributed by atoms with E-state index in [2.05, 4.69) is 11.8 Å². The molecule has 2 N–H and O–H groups in total. The Labute approximate surface area is 113 Å². The van der Waals surface area contributed by atoms with Gasteiger partial charge in [-0.15, -0.1) is 0 Å². The maximum atomic E-state index is 12.3. The van der Waals surface area contributed by atoms with Crippen molar-refractivity contribution in [2.75, 3.05) is 0 Å². The second-order valence-electron chi connectivity index (χ2n) is 5.44. The predicted octanol–water partition coefficient (Wildman–Crippen LogP) is 1.52. The highest BCUT2D eigenvalue weighted by molar-refractivity contribution is 5.94. The molecule has 0 radical (unpaired) electrons. The van der Waals surface area contributed by atoms with Gasteiger partial charge in [-0.2, -0.15) is 0 Å². The van der Waals surface area contributed by atoms with E-state index < -0.39 is 0 Å². The molecule has 0 spiro atoms. The first-order valence-corrected chi connectivity index (χ1v) is 6.89. The Morgan fingerprint density at radius 1 is 1.16 bits per heavy atom. The molecule has 2 aliphatic heterocycles. The highest BCUT2D eigenvalue weighted by Gasteiger charge is 2.41. The summed E-state index contributed by atoms with van der Waals surface area (Å²) in [5.74, 6) is 5.69. The van der Waals surface area contributed by atoms with Gasteiger partial charge in [0.05, 0.1) is 0 Å². The summed E-state index contributed by atoms with van der Waals surface area (Å²) in [5, 5.41) is 0. The van der Waals surface area contributed by atoms with E-state index in [1.807, 2.05) is 35.2 Å². The van der Waals surface area contributed by atoms with Crippen LogP contribution in [0.15, 0.2) is 30.3 Å². The van der Waals surface area contributed by atoms with Gasteiger partial charge < -0.3 is 10.6 Å². The van der Waals surface area contributed by atoms with Crippen molar-refractivity contribution < 1.29 is 4.79 Å². The van der Waals surface area contributed by atoms with E-state index >= 15 is 0 Å². The maximum Gasteiger partial charge on any atom is 0.299 e. The first-order valence-electron chi connectivity index (χ1n) is 6.89. The van der Waals surface area contributed by atoms with E-state index in [1.54, 1.807) is 0 Å². The minimum absolute atomic E-state index is 0.0387. The molecule has 2 aliphatic rings. The number of fused-ring (bicyclic) bond motifs is 2. The van der Waals surface area contributed by atoms with Crippen molar-refractivity contribution in [1.82, 2.24) is 4.90 Å². The van der Waals surface area contributed by atoms with Gasteiger partial charge in [-0.3, -0.25) is 4.79 Å². The largest absolute Gasteiger partial charge is 0.328 e. The van der Waals surface area contributed by atoms with Crippen LogP contribution in [-0.2, 0) is 4.79 Å². The van der Waals surface area contributed by atoms with Crippen molar-refractivity contribution >= 4 is 5.91 Å². The van der Waals surface area contributed by atoms with Crippen molar-refractivity contribution in [3.05, 3.63) is 35.9 Å². The summed E-state index contributed by atoms with van der Waals surface area (Å²) in [6.07, 6.45) is 4.01. The highest BCUT2D eigenvalue weighted by atomic mass is 16.2. The molecule has 2 bridgehead atoms. The van der Waals surface area contributed by atoms with Crippen LogP contribution in [-0.4, -0.2) is 28.9 Å². The minimum Gasteiger partial charge on any atom is -0.328 e. The molecule has 19 heavy (non-hydrogen) atoms. The Morgan fingerprint density at radius 2 is 1.79 bits per heavy atom. The van der Waals surface area contributed by atoms with E-state index in [4.69, 9.17) is 5.73 Å². The number of hydrogen-bond acceptors (Lipinski definition) is 2. The Balaban J connectivity index is 1.74. The van der Waals surface area contributed by atoms with Gasteiger partial charge in [0.2, 0.25) is 0 Å². The maximum absolute atomic E-state index is 12.3. The topological polar surface area (TPSA) is 46.3 Å². The Kier molecular flexibility index (Phi) is 3.27. The molecule has 2 fully saturated rings. The molecule has 3 heteroatoms. The number of benzene rings is 1. The third-order valence-corrected chi connectivity index (χ3v) is 4.09. The second kappa shape index (κ2) is 5.07. The smallest absolute Gasteiger partial charge is 0.299 e. The lowest BCUT2D eigenvalue weighted by molar-refractivity contribution is -0.129. The first-order chi connectivity index (χ1) is 9.24. The number of amides is 1. The van der Waals surface area contributed by atoms with Crippen molar-refractivity contribution in [2.45, 2.75) is 43.8 Å². The molecule has 1 aromatic rings. The van der Waals surface area contributed by atoms with E-state index in [1.165, 1.54) is 0 Å². The molecule has 1 amide bonds. The van der Waals surface area contributed by atoms with Gasteiger partial charge in [0.25, 0.3) is 5.91 Å². The molecular weight excluding hydrogens is 236 g/mol. The quantitative estimate of drug-likeness (QED) is 0.713. The first kappa shape index (κ1) is 12.3. The fourth-order valence-electron chi connectivity index (χ4n) is 3.26. The van der Waals surface area contributed by atoms with Gasteiger partial charge >= 0.3 is 0 Å². The number of hydrogen-bond donors (Lipinski definition) is 1. The monoisotopic (exact) mass is 254 g/mol. The summed E-state index contributed by atoms with van der Waals surface area (Å²) in [4.78, 5) is 14.2. The van der Waals surface area contributed by atoms with Crippen LogP contribution < -0.4 is 5.73 Å². The molecule has 2 heterocycles. The summed E-state index contributed by atoms with van der Waals surface area (Å²) in [6, 6.07) is 10.5. The van der Waals surface area contributed by atoms with Gasteiger partial charge in [-0.1, -0.05) is 24.1 Å². The van der Waals surface area contributed by atoms with E-state index in [0.717, 1.165) is 31.2 Å². The third kappa shape index (κ3) is 2.50. The third-order valence-electron chi connectivity index (χ3n) is 4.09. The van der Waals surface area contributed by atoms with Gasteiger partial charge in [0.1, 0.15) is 0 Å². The van der Waals surface area contributed by atoms with Crippen LogP contribution in [0.5, 0.6) is 0 Å². The van der Waals surface area contributed by atoms with Gasteiger partial charge in [0.15, 0.2) is 0 Å². The van der Waals surface area contributed by atoms with Crippen molar-refractivity contribution in [3.8, 4) is 11.8 Å². The van der Waals surface area contributed by atoms with Crippen LogP contribution >= 0.6 is 0 Å². The zero-order chi connectivity index (χ0) is 13.2. The summed E-state index contributed by atoms with van der Waals surface area (Å²) in [5.41, 5.74) is 6.89. The molecule has 2 unspecified atom stereocenters. The Hall–Kier alpha value is -1.79. The molecule has 2 saturated heterocycles. The lowest BCUT2D eigenvalue weighted by atomic mass is 9.98. The second-order valence-corrected chi connectivity index (χ2v) is 5.44. The van der Waals surface area contributed by atoms with Crippen molar-refractivity contribution in [3.63, 3.8) is 0 Å². The lowest BCUT2D eigenvalue weighted by Gasteiger charge is -2.36. The van der Waals surface area contributed by atoms with Crippen LogP contribution in [0, 0.1) is 11.8 Å². The van der Waals surface area contributed by atoms with Crippen molar-refractivity contribution in [2.24, 2.45) is 5.73 Å². The number of piperidine rings is 1. The number of nitrogens with two attached hydrogens (primary N) is 1. The van der Waals surface area contributed by atoms with Crippen LogP contribution in [0.25, 0.3) is 0 Å². The van der Waals surface area contributed by atoms with Gasteiger partial charge in [-0.25, -0.2) is 0 Å². The SMILES string of the molecule is NC1CC2CCC(C1)N2C(=O)C#Cc1ccccc1. The molecular formula is C16H18N2O. The molecule has 3 rings (SSSR count). The summed E-state index contributed by atoms with van der Waals surface area (Å²) >= 11 is 0.